The normalized spacial score (nSPS) is 11.8. The maximum atomic E-state index is 5.61. The number of nitrogens with zero attached hydrogens (tertiary/aromatic N) is 5. The Bertz CT molecular complexity index is 3750. The number of hydrogen-bond acceptors (Lipinski definition) is 3. The highest BCUT2D eigenvalue weighted by molar-refractivity contribution is 7.19. The van der Waals surface area contributed by atoms with E-state index in [4.69, 9.17) is 15.0 Å². The molecule has 0 saturated heterocycles. The van der Waals surface area contributed by atoms with E-state index < -0.39 is 8.07 Å². The third-order valence-corrected chi connectivity index (χ3v) is 18.5. The zero-order valence-corrected chi connectivity index (χ0v) is 38.6. The van der Waals surface area contributed by atoms with Gasteiger partial charge in [0.1, 0.15) is 0 Å². The average molecular weight is 898 g/mol. The van der Waals surface area contributed by atoms with Crippen LogP contribution in [0.15, 0.2) is 261 Å². The van der Waals surface area contributed by atoms with E-state index in [2.05, 4.69) is 270 Å². The van der Waals surface area contributed by atoms with Gasteiger partial charge in [-0.05, 0) is 67.3 Å². The summed E-state index contributed by atoms with van der Waals surface area (Å²) in [6.45, 7) is 0. The second kappa shape index (κ2) is 16.7. The van der Waals surface area contributed by atoms with Crippen LogP contribution in [0, 0.1) is 0 Å². The van der Waals surface area contributed by atoms with Crippen LogP contribution in [0.4, 0.5) is 0 Å². The SMILES string of the molecule is c1ccc(-c2ccc3c4ccc(-c5ccccc5)cc4n(-c4nc(-c5cccc([Si](c6ccccc6)(c6ccccc6)c6ccccc6)c5)nc(-n5c6ccccc6c6ccccc65)n4)c3c2)cc1. The smallest absolute Gasteiger partial charge is 0.240 e. The number of rotatable bonds is 9. The van der Waals surface area contributed by atoms with Gasteiger partial charge in [-0.25, -0.2) is 0 Å². The van der Waals surface area contributed by atoms with E-state index in [-0.39, 0.29) is 0 Å². The maximum Gasteiger partial charge on any atom is 0.240 e. The Morgan fingerprint density at radius 2 is 0.609 bits per heavy atom. The Morgan fingerprint density at radius 1 is 0.246 bits per heavy atom. The van der Waals surface area contributed by atoms with Crippen molar-refractivity contribution in [1.29, 1.82) is 0 Å². The van der Waals surface area contributed by atoms with Crippen molar-refractivity contribution < 1.29 is 0 Å². The van der Waals surface area contributed by atoms with E-state index >= 15 is 0 Å². The molecule has 0 N–H and O–H groups in total. The van der Waals surface area contributed by atoms with Gasteiger partial charge in [0.25, 0.3) is 0 Å². The minimum Gasteiger partial charge on any atom is -0.278 e. The minimum atomic E-state index is -2.90. The third-order valence-electron chi connectivity index (χ3n) is 13.7. The molecule has 0 fully saturated rings. The van der Waals surface area contributed by atoms with Crippen LogP contribution < -0.4 is 20.7 Å². The van der Waals surface area contributed by atoms with Gasteiger partial charge >= 0.3 is 0 Å². The molecule has 0 aliphatic heterocycles. The second-order valence-corrected chi connectivity index (χ2v) is 21.4. The predicted molar refractivity (Wildman–Crippen MR) is 288 cm³/mol. The molecule has 0 amide bonds. The number of para-hydroxylation sites is 2. The summed E-state index contributed by atoms with van der Waals surface area (Å²) >= 11 is 0. The van der Waals surface area contributed by atoms with Crippen molar-refractivity contribution in [1.82, 2.24) is 24.1 Å². The topological polar surface area (TPSA) is 48.5 Å². The molecule has 0 atom stereocenters. The van der Waals surface area contributed by atoms with Crippen LogP contribution in [-0.4, -0.2) is 32.2 Å². The zero-order valence-electron chi connectivity index (χ0n) is 37.6. The summed E-state index contributed by atoms with van der Waals surface area (Å²) in [5.41, 5.74) is 9.50. The summed E-state index contributed by atoms with van der Waals surface area (Å²) in [5, 5.41) is 9.66. The lowest BCUT2D eigenvalue weighted by Crippen LogP contribution is -2.74. The van der Waals surface area contributed by atoms with Crippen molar-refractivity contribution in [2.24, 2.45) is 0 Å². The van der Waals surface area contributed by atoms with E-state index in [0.29, 0.717) is 17.7 Å². The van der Waals surface area contributed by atoms with Gasteiger partial charge < -0.3 is 0 Å². The number of aromatic nitrogens is 5. The van der Waals surface area contributed by atoms with Gasteiger partial charge in [-0.1, -0.05) is 237 Å². The number of benzene rings is 10. The van der Waals surface area contributed by atoms with Crippen LogP contribution in [0.3, 0.4) is 0 Å². The molecule has 69 heavy (non-hydrogen) atoms. The molecule has 13 aromatic rings. The first-order valence-corrected chi connectivity index (χ1v) is 25.4. The summed E-state index contributed by atoms with van der Waals surface area (Å²) in [7, 11) is -2.90. The molecule has 0 spiro atoms. The van der Waals surface area contributed by atoms with Crippen molar-refractivity contribution in [2.45, 2.75) is 0 Å². The Morgan fingerprint density at radius 3 is 1.07 bits per heavy atom. The van der Waals surface area contributed by atoms with Gasteiger partial charge in [0.2, 0.25) is 11.9 Å². The Kier molecular flexibility index (Phi) is 9.77. The minimum absolute atomic E-state index is 0.537. The molecule has 3 aromatic heterocycles. The molecular weight excluding hydrogens is 855 g/mol. The summed E-state index contributed by atoms with van der Waals surface area (Å²) in [5.74, 6) is 1.67. The van der Waals surface area contributed by atoms with E-state index in [9.17, 15) is 0 Å². The highest BCUT2D eigenvalue weighted by atomic mass is 28.3. The summed E-state index contributed by atoms with van der Waals surface area (Å²) in [6.07, 6.45) is 0. The third kappa shape index (κ3) is 6.72. The van der Waals surface area contributed by atoms with Crippen LogP contribution in [-0.2, 0) is 0 Å². The van der Waals surface area contributed by atoms with E-state index in [1.807, 2.05) is 0 Å². The lowest BCUT2D eigenvalue weighted by Gasteiger charge is -2.34. The molecule has 0 aliphatic carbocycles. The Hall–Kier alpha value is -8.97. The fourth-order valence-electron chi connectivity index (χ4n) is 10.6. The fraction of sp³-hybridized carbons (Fsp3) is 0. The predicted octanol–water partition coefficient (Wildman–Crippen LogP) is 12.4. The Balaban J connectivity index is 1.13. The quantitative estimate of drug-likeness (QED) is 0.107. The van der Waals surface area contributed by atoms with Gasteiger partial charge in [-0.3, -0.25) is 9.13 Å². The van der Waals surface area contributed by atoms with Gasteiger partial charge in [0.05, 0.1) is 22.1 Å². The summed E-state index contributed by atoms with van der Waals surface area (Å²) < 4.78 is 4.46. The first kappa shape index (κ1) is 40.3. The molecule has 324 valence electrons. The van der Waals surface area contributed by atoms with Crippen molar-refractivity contribution in [3.05, 3.63) is 261 Å². The van der Waals surface area contributed by atoms with Crippen molar-refractivity contribution in [3.63, 3.8) is 0 Å². The maximum absolute atomic E-state index is 5.61. The lowest BCUT2D eigenvalue weighted by molar-refractivity contribution is 0.893. The first-order valence-electron chi connectivity index (χ1n) is 23.4. The summed E-state index contributed by atoms with van der Waals surface area (Å²) in [4.78, 5) is 16.7. The van der Waals surface area contributed by atoms with Gasteiger partial charge in [0, 0.05) is 27.1 Å². The van der Waals surface area contributed by atoms with Crippen molar-refractivity contribution >= 4 is 72.4 Å². The molecular formula is C63H43N5Si. The van der Waals surface area contributed by atoms with Crippen LogP contribution >= 0.6 is 0 Å². The van der Waals surface area contributed by atoms with Crippen LogP contribution in [0.25, 0.3) is 89.2 Å². The second-order valence-electron chi connectivity index (χ2n) is 17.6. The molecule has 0 radical (unpaired) electrons. The standard InChI is InChI=1S/C63H43N5Si/c1-6-21-44(22-7-1)46-37-39-55-56-40-38-47(45-23-8-2-9-24-45)43-60(56)68(59(55)42-46)63-65-61(64-62(66-63)67-57-35-18-16-33-53(57)54-34-17-19-36-58(54)67)48-25-20-32-52(41-48)69(49-26-10-3-11-27-49,50-28-12-4-13-29-50)51-30-14-5-15-31-51/h1-43H. The lowest BCUT2D eigenvalue weighted by atomic mass is 10.0. The highest BCUT2D eigenvalue weighted by Gasteiger charge is 2.41. The molecule has 5 nitrogen and oxygen atoms in total. The average Bonchev–Trinajstić information content (AvgIpc) is 3.95. The Labute approximate surface area is 400 Å². The molecule has 0 saturated carbocycles. The molecule has 3 heterocycles. The van der Waals surface area contributed by atoms with E-state index in [1.165, 1.54) is 20.7 Å². The molecule has 0 unspecified atom stereocenters. The van der Waals surface area contributed by atoms with Gasteiger partial charge in [0.15, 0.2) is 13.9 Å². The van der Waals surface area contributed by atoms with Crippen LogP contribution in [0.1, 0.15) is 0 Å². The molecule has 10 aromatic carbocycles. The summed E-state index contributed by atoms with van der Waals surface area (Å²) in [6, 6.07) is 93.9. The van der Waals surface area contributed by atoms with E-state index in [1.54, 1.807) is 0 Å². The number of fused-ring (bicyclic) bond motifs is 6. The molecule has 0 bridgehead atoms. The zero-order chi connectivity index (χ0) is 45.7. The fourth-order valence-corrected chi connectivity index (χ4v) is 15.4. The van der Waals surface area contributed by atoms with E-state index in [0.717, 1.165) is 71.4 Å². The van der Waals surface area contributed by atoms with Crippen LogP contribution in [0.2, 0.25) is 0 Å². The molecule has 6 heteroatoms. The number of hydrogen-bond donors (Lipinski definition) is 0. The molecule has 13 rings (SSSR count). The molecule has 0 aliphatic rings. The van der Waals surface area contributed by atoms with Crippen molar-refractivity contribution in [3.8, 4) is 45.5 Å². The highest BCUT2D eigenvalue weighted by Crippen LogP contribution is 2.38. The van der Waals surface area contributed by atoms with Gasteiger partial charge in [-0.2, -0.15) is 15.0 Å². The van der Waals surface area contributed by atoms with Gasteiger partial charge in [-0.15, -0.1) is 0 Å². The largest absolute Gasteiger partial charge is 0.278 e. The van der Waals surface area contributed by atoms with Crippen molar-refractivity contribution in [2.75, 3.05) is 0 Å². The first-order chi connectivity index (χ1) is 34.2. The van der Waals surface area contributed by atoms with Crippen LogP contribution in [0.5, 0.6) is 0 Å². The monoisotopic (exact) mass is 897 g/mol.